The molecule has 2 fully saturated rings. The first-order valence-electron chi connectivity index (χ1n) is 4.29. The van der Waals surface area contributed by atoms with Gasteiger partial charge in [0.2, 0.25) is 0 Å². The van der Waals surface area contributed by atoms with E-state index in [0.29, 0.717) is 0 Å². The maximum atomic E-state index is 3.64. The number of likely N-dealkylation sites (tertiary alicyclic amines) is 1. The number of fused-ring (bicyclic) bond motifs is 2. The first kappa shape index (κ1) is 12.5. The SMILES string of the molecule is CN1CCC2CCC(C1)N2.Cl.Cl. The maximum Gasteiger partial charge on any atom is 0.0198 e. The number of halogens is 2. The van der Waals surface area contributed by atoms with Gasteiger partial charge in [-0.05, 0) is 32.9 Å². The summed E-state index contributed by atoms with van der Waals surface area (Å²) in [5.74, 6) is 0. The van der Waals surface area contributed by atoms with Gasteiger partial charge in [-0.3, -0.25) is 0 Å². The number of nitrogens with zero attached hydrogens (tertiary/aromatic N) is 1. The molecular weight excluding hydrogens is 195 g/mol. The summed E-state index contributed by atoms with van der Waals surface area (Å²) >= 11 is 0. The van der Waals surface area contributed by atoms with Gasteiger partial charge in [0.25, 0.3) is 0 Å². The average Bonchev–Trinajstić information content (AvgIpc) is 2.22. The van der Waals surface area contributed by atoms with Crippen LogP contribution >= 0.6 is 24.8 Å². The van der Waals surface area contributed by atoms with Gasteiger partial charge in [-0.15, -0.1) is 24.8 Å². The van der Waals surface area contributed by atoms with Crippen LogP contribution in [0.15, 0.2) is 0 Å². The summed E-state index contributed by atoms with van der Waals surface area (Å²) < 4.78 is 0. The molecule has 2 nitrogen and oxygen atoms in total. The van der Waals surface area contributed by atoms with Gasteiger partial charge in [0.1, 0.15) is 0 Å². The van der Waals surface area contributed by atoms with Crippen molar-refractivity contribution in [1.29, 1.82) is 0 Å². The lowest BCUT2D eigenvalue weighted by Crippen LogP contribution is -2.33. The molecule has 74 valence electrons. The van der Waals surface area contributed by atoms with E-state index in [4.69, 9.17) is 0 Å². The molecule has 12 heavy (non-hydrogen) atoms. The van der Waals surface area contributed by atoms with Crippen molar-refractivity contribution in [3.8, 4) is 0 Å². The van der Waals surface area contributed by atoms with Crippen molar-refractivity contribution in [1.82, 2.24) is 10.2 Å². The number of nitrogens with one attached hydrogen (secondary N) is 1. The number of hydrogen-bond acceptors (Lipinski definition) is 2. The molecule has 2 aliphatic heterocycles. The Morgan fingerprint density at radius 1 is 1.08 bits per heavy atom. The second-order valence-corrected chi connectivity index (χ2v) is 3.69. The van der Waals surface area contributed by atoms with Crippen molar-refractivity contribution >= 4 is 24.8 Å². The smallest absolute Gasteiger partial charge is 0.0198 e. The van der Waals surface area contributed by atoms with Crippen molar-refractivity contribution in [2.75, 3.05) is 20.1 Å². The maximum absolute atomic E-state index is 3.64. The zero-order chi connectivity index (χ0) is 6.97. The van der Waals surface area contributed by atoms with Crippen molar-refractivity contribution in [2.24, 2.45) is 0 Å². The van der Waals surface area contributed by atoms with E-state index in [0.717, 1.165) is 12.1 Å². The minimum Gasteiger partial charge on any atom is -0.310 e. The van der Waals surface area contributed by atoms with Crippen LogP contribution in [0.4, 0.5) is 0 Å². The normalized spacial score (nSPS) is 34.8. The molecule has 0 spiro atoms. The highest BCUT2D eigenvalue weighted by atomic mass is 35.5. The molecule has 0 amide bonds. The van der Waals surface area contributed by atoms with Gasteiger partial charge < -0.3 is 10.2 Å². The van der Waals surface area contributed by atoms with Crippen LogP contribution in [-0.4, -0.2) is 37.1 Å². The Kier molecular flexibility index (Phi) is 5.50. The van der Waals surface area contributed by atoms with Gasteiger partial charge in [0.15, 0.2) is 0 Å². The number of likely N-dealkylation sites (N-methyl/N-ethyl adjacent to an activating group) is 1. The molecule has 2 unspecified atom stereocenters. The fourth-order valence-electron chi connectivity index (χ4n) is 2.12. The van der Waals surface area contributed by atoms with Crippen LogP contribution in [0.5, 0.6) is 0 Å². The van der Waals surface area contributed by atoms with Gasteiger partial charge in [-0.25, -0.2) is 0 Å². The molecule has 2 heterocycles. The standard InChI is InChI=1S/C8H16N2.2ClH/c1-10-5-4-7-2-3-8(6-10)9-7;;/h7-9H,2-6H2,1H3;2*1H. The molecule has 2 bridgehead atoms. The molecule has 0 aromatic heterocycles. The highest BCUT2D eigenvalue weighted by Gasteiger charge is 2.27. The average molecular weight is 213 g/mol. The fraction of sp³-hybridized carbons (Fsp3) is 1.00. The summed E-state index contributed by atoms with van der Waals surface area (Å²) in [7, 11) is 2.22. The summed E-state index contributed by atoms with van der Waals surface area (Å²) in [5.41, 5.74) is 0. The summed E-state index contributed by atoms with van der Waals surface area (Å²) in [4.78, 5) is 2.44. The number of hydrogen-bond donors (Lipinski definition) is 1. The molecule has 0 aliphatic carbocycles. The highest BCUT2D eigenvalue weighted by molar-refractivity contribution is 5.85. The van der Waals surface area contributed by atoms with Crippen LogP contribution in [0, 0.1) is 0 Å². The Morgan fingerprint density at radius 2 is 1.75 bits per heavy atom. The quantitative estimate of drug-likeness (QED) is 0.652. The van der Waals surface area contributed by atoms with E-state index in [-0.39, 0.29) is 24.8 Å². The summed E-state index contributed by atoms with van der Waals surface area (Å²) in [6.07, 6.45) is 4.17. The Labute approximate surface area is 86.9 Å². The third-order valence-electron chi connectivity index (χ3n) is 2.73. The van der Waals surface area contributed by atoms with Crippen LogP contribution in [0.25, 0.3) is 0 Å². The lowest BCUT2D eigenvalue weighted by Gasteiger charge is -2.17. The minimum atomic E-state index is 0. The van der Waals surface area contributed by atoms with E-state index in [1.807, 2.05) is 0 Å². The van der Waals surface area contributed by atoms with E-state index >= 15 is 0 Å². The monoisotopic (exact) mass is 212 g/mol. The van der Waals surface area contributed by atoms with E-state index in [2.05, 4.69) is 17.3 Å². The molecule has 0 radical (unpaired) electrons. The van der Waals surface area contributed by atoms with Crippen LogP contribution in [0.3, 0.4) is 0 Å². The molecule has 0 saturated carbocycles. The van der Waals surface area contributed by atoms with Crippen LogP contribution in [0.1, 0.15) is 19.3 Å². The molecule has 2 rings (SSSR count). The Hall–Kier alpha value is 0.500. The minimum absolute atomic E-state index is 0. The van der Waals surface area contributed by atoms with Gasteiger partial charge in [0, 0.05) is 18.6 Å². The molecule has 0 aromatic carbocycles. The third kappa shape index (κ3) is 2.77. The fourth-order valence-corrected chi connectivity index (χ4v) is 2.12. The first-order chi connectivity index (χ1) is 4.84. The van der Waals surface area contributed by atoms with Gasteiger partial charge in [-0.1, -0.05) is 0 Å². The topological polar surface area (TPSA) is 15.3 Å². The van der Waals surface area contributed by atoms with Crippen molar-refractivity contribution < 1.29 is 0 Å². The second kappa shape index (κ2) is 5.28. The Balaban J connectivity index is 0.000000605. The molecular formula is C8H18Cl2N2. The van der Waals surface area contributed by atoms with E-state index in [1.54, 1.807) is 0 Å². The van der Waals surface area contributed by atoms with E-state index in [9.17, 15) is 0 Å². The second-order valence-electron chi connectivity index (χ2n) is 3.69. The lowest BCUT2D eigenvalue weighted by molar-refractivity contribution is 0.313. The zero-order valence-electron chi connectivity index (χ0n) is 7.45. The van der Waals surface area contributed by atoms with E-state index < -0.39 is 0 Å². The summed E-state index contributed by atoms with van der Waals surface area (Å²) in [6, 6.07) is 1.65. The van der Waals surface area contributed by atoms with Gasteiger partial charge in [0.05, 0.1) is 0 Å². The van der Waals surface area contributed by atoms with Crippen LogP contribution < -0.4 is 5.32 Å². The molecule has 2 atom stereocenters. The molecule has 4 heteroatoms. The number of rotatable bonds is 0. The zero-order valence-corrected chi connectivity index (χ0v) is 9.09. The van der Waals surface area contributed by atoms with Crippen molar-refractivity contribution in [2.45, 2.75) is 31.3 Å². The molecule has 2 saturated heterocycles. The van der Waals surface area contributed by atoms with Gasteiger partial charge in [-0.2, -0.15) is 0 Å². The third-order valence-corrected chi connectivity index (χ3v) is 2.73. The first-order valence-corrected chi connectivity index (χ1v) is 4.29. The predicted octanol–water partition coefficient (Wildman–Crippen LogP) is 1.29. The largest absolute Gasteiger partial charge is 0.310 e. The molecule has 1 N–H and O–H groups in total. The van der Waals surface area contributed by atoms with Crippen LogP contribution in [-0.2, 0) is 0 Å². The summed E-state index contributed by atoms with van der Waals surface area (Å²) in [6.45, 7) is 2.55. The Bertz CT molecular complexity index is 132. The van der Waals surface area contributed by atoms with Crippen LogP contribution in [0.2, 0.25) is 0 Å². The highest BCUT2D eigenvalue weighted by Crippen LogP contribution is 2.18. The molecule has 2 aliphatic rings. The lowest BCUT2D eigenvalue weighted by atomic mass is 10.1. The summed E-state index contributed by atoms with van der Waals surface area (Å²) in [5, 5.41) is 3.64. The van der Waals surface area contributed by atoms with Crippen molar-refractivity contribution in [3.63, 3.8) is 0 Å². The molecule has 0 aromatic rings. The van der Waals surface area contributed by atoms with Crippen molar-refractivity contribution in [3.05, 3.63) is 0 Å². The van der Waals surface area contributed by atoms with E-state index in [1.165, 1.54) is 32.4 Å². The predicted molar refractivity (Wildman–Crippen MR) is 56.6 cm³/mol. The Morgan fingerprint density at radius 3 is 2.50 bits per heavy atom. The van der Waals surface area contributed by atoms with Gasteiger partial charge >= 0.3 is 0 Å².